The van der Waals surface area contributed by atoms with Crippen molar-refractivity contribution in [1.29, 1.82) is 0 Å². The molecule has 0 amide bonds. The van der Waals surface area contributed by atoms with Crippen LogP contribution in [0.2, 0.25) is 0 Å². The highest BCUT2D eigenvalue weighted by atomic mass is 19.1. The van der Waals surface area contributed by atoms with E-state index in [1.54, 1.807) is 6.07 Å². The summed E-state index contributed by atoms with van der Waals surface area (Å²) in [5.74, 6) is 0.575. The summed E-state index contributed by atoms with van der Waals surface area (Å²) in [5.41, 5.74) is 5.07. The van der Waals surface area contributed by atoms with Crippen LogP contribution >= 0.6 is 0 Å². The molecule has 3 heteroatoms. The summed E-state index contributed by atoms with van der Waals surface area (Å²) in [4.78, 5) is 7.88. The van der Waals surface area contributed by atoms with Crippen LogP contribution in [0, 0.1) is 12.7 Å². The van der Waals surface area contributed by atoms with Gasteiger partial charge in [0.1, 0.15) is 11.6 Å². The molecular formula is C16H15FN2. The van der Waals surface area contributed by atoms with Gasteiger partial charge in [-0.3, -0.25) is 0 Å². The number of benzene rings is 2. The number of aryl methyl sites for hydroxylation is 2. The second-order valence-electron chi connectivity index (χ2n) is 4.75. The monoisotopic (exact) mass is 254 g/mol. The predicted octanol–water partition coefficient (Wildman–Crippen LogP) is 4.24. The molecule has 3 aromatic rings. The summed E-state index contributed by atoms with van der Waals surface area (Å²) < 4.78 is 13.1. The van der Waals surface area contributed by atoms with Gasteiger partial charge in [0.2, 0.25) is 0 Å². The van der Waals surface area contributed by atoms with Crippen molar-refractivity contribution in [2.24, 2.45) is 0 Å². The van der Waals surface area contributed by atoms with E-state index >= 15 is 0 Å². The van der Waals surface area contributed by atoms with Crippen LogP contribution in [0.1, 0.15) is 18.1 Å². The van der Waals surface area contributed by atoms with Crippen LogP contribution in [-0.4, -0.2) is 9.97 Å². The van der Waals surface area contributed by atoms with Gasteiger partial charge in [-0.2, -0.15) is 0 Å². The average Bonchev–Trinajstić information content (AvgIpc) is 2.80. The summed E-state index contributed by atoms with van der Waals surface area (Å²) in [7, 11) is 0. The number of halogens is 1. The van der Waals surface area contributed by atoms with Crippen LogP contribution in [0.3, 0.4) is 0 Å². The highest BCUT2D eigenvalue weighted by Crippen LogP contribution is 2.24. The molecule has 0 spiro atoms. The first-order chi connectivity index (χ1) is 9.17. The Balaban J connectivity index is 2.14. The average molecular weight is 254 g/mol. The van der Waals surface area contributed by atoms with Crippen molar-refractivity contribution in [1.82, 2.24) is 9.97 Å². The second kappa shape index (κ2) is 4.50. The molecule has 1 aromatic heterocycles. The van der Waals surface area contributed by atoms with Gasteiger partial charge in [0.25, 0.3) is 0 Å². The van der Waals surface area contributed by atoms with E-state index in [1.807, 2.05) is 13.0 Å². The molecule has 19 heavy (non-hydrogen) atoms. The van der Waals surface area contributed by atoms with Gasteiger partial charge in [0.05, 0.1) is 11.0 Å². The summed E-state index contributed by atoms with van der Waals surface area (Å²) in [6, 6.07) is 11.0. The fourth-order valence-corrected chi connectivity index (χ4v) is 2.30. The lowest BCUT2D eigenvalue weighted by Crippen LogP contribution is -1.86. The van der Waals surface area contributed by atoms with Gasteiger partial charge in [-0.15, -0.1) is 0 Å². The van der Waals surface area contributed by atoms with E-state index in [1.165, 1.54) is 17.7 Å². The van der Waals surface area contributed by atoms with Crippen molar-refractivity contribution in [2.75, 3.05) is 0 Å². The third kappa shape index (κ3) is 2.12. The Hall–Kier alpha value is -2.16. The molecule has 0 fully saturated rings. The minimum Gasteiger partial charge on any atom is -0.338 e. The van der Waals surface area contributed by atoms with Crippen LogP contribution in [0.5, 0.6) is 0 Å². The first kappa shape index (κ1) is 11.9. The van der Waals surface area contributed by atoms with E-state index < -0.39 is 0 Å². The van der Waals surface area contributed by atoms with Gasteiger partial charge >= 0.3 is 0 Å². The molecule has 0 atom stereocenters. The van der Waals surface area contributed by atoms with Crippen LogP contribution in [0.4, 0.5) is 4.39 Å². The first-order valence-corrected chi connectivity index (χ1v) is 6.42. The van der Waals surface area contributed by atoms with E-state index in [9.17, 15) is 4.39 Å². The Kier molecular flexibility index (Phi) is 2.82. The van der Waals surface area contributed by atoms with E-state index in [4.69, 9.17) is 0 Å². The van der Waals surface area contributed by atoms with Gasteiger partial charge < -0.3 is 4.98 Å². The molecule has 2 aromatic carbocycles. The second-order valence-corrected chi connectivity index (χ2v) is 4.75. The van der Waals surface area contributed by atoms with Gasteiger partial charge in [-0.25, -0.2) is 9.37 Å². The molecular weight excluding hydrogens is 239 g/mol. The van der Waals surface area contributed by atoms with Crippen molar-refractivity contribution in [3.8, 4) is 11.4 Å². The van der Waals surface area contributed by atoms with Gasteiger partial charge in [-0.1, -0.05) is 13.0 Å². The Labute approximate surface area is 111 Å². The number of aromatic nitrogens is 2. The van der Waals surface area contributed by atoms with Gasteiger partial charge in [0, 0.05) is 5.56 Å². The molecule has 2 nitrogen and oxygen atoms in total. The lowest BCUT2D eigenvalue weighted by molar-refractivity contribution is 0.627. The molecule has 0 saturated carbocycles. The molecule has 0 aliphatic carbocycles. The molecule has 0 aliphatic rings. The molecule has 0 bridgehead atoms. The maximum Gasteiger partial charge on any atom is 0.138 e. The Morgan fingerprint density at radius 2 is 2.00 bits per heavy atom. The molecule has 0 saturated heterocycles. The zero-order valence-electron chi connectivity index (χ0n) is 11.0. The van der Waals surface area contributed by atoms with E-state index in [2.05, 4.69) is 29.0 Å². The van der Waals surface area contributed by atoms with E-state index in [0.717, 1.165) is 34.4 Å². The third-order valence-corrected chi connectivity index (χ3v) is 3.40. The molecule has 1 heterocycles. The molecule has 1 N–H and O–H groups in total. The maximum atomic E-state index is 13.1. The number of imidazole rings is 1. The van der Waals surface area contributed by atoms with Gasteiger partial charge in [0.15, 0.2) is 0 Å². The van der Waals surface area contributed by atoms with Crippen molar-refractivity contribution in [3.05, 3.63) is 53.3 Å². The summed E-state index contributed by atoms with van der Waals surface area (Å²) in [6.45, 7) is 4.02. The predicted molar refractivity (Wildman–Crippen MR) is 75.6 cm³/mol. The van der Waals surface area contributed by atoms with E-state index in [-0.39, 0.29) is 5.82 Å². The summed E-state index contributed by atoms with van der Waals surface area (Å²) >= 11 is 0. The van der Waals surface area contributed by atoms with Crippen LogP contribution in [0.25, 0.3) is 22.4 Å². The molecule has 96 valence electrons. The normalized spacial score (nSPS) is 11.1. The SMILES string of the molecule is CCc1ccc2nc(-c3ccc(F)cc3C)[nH]c2c1. The fraction of sp³-hybridized carbons (Fsp3) is 0.188. The molecule has 3 rings (SSSR count). The zero-order valence-corrected chi connectivity index (χ0v) is 11.0. The number of aromatic amines is 1. The van der Waals surface area contributed by atoms with Crippen molar-refractivity contribution < 1.29 is 4.39 Å². The topological polar surface area (TPSA) is 28.7 Å². The highest BCUT2D eigenvalue weighted by Gasteiger charge is 2.08. The van der Waals surface area contributed by atoms with Crippen LogP contribution in [0.15, 0.2) is 36.4 Å². The number of hydrogen-bond acceptors (Lipinski definition) is 1. The lowest BCUT2D eigenvalue weighted by Gasteiger charge is -2.01. The number of H-pyrrole nitrogens is 1. The minimum atomic E-state index is -0.217. The maximum absolute atomic E-state index is 13.1. The third-order valence-electron chi connectivity index (χ3n) is 3.40. The number of rotatable bonds is 2. The molecule has 0 aliphatic heterocycles. The fourth-order valence-electron chi connectivity index (χ4n) is 2.30. The smallest absolute Gasteiger partial charge is 0.138 e. The minimum absolute atomic E-state index is 0.217. The van der Waals surface area contributed by atoms with Gasteiger partial charge in [-0.05, 0) is 54.8 Å². The number of hydrogen-bond donors (Lipinski definition) is 1. The van der Waals surface area contributed by atoms with Crippen molar-refractivity contribution in [2.45, 2.75) is 20.3 Å². The lowest BCUT2D eigenvalue weighted by atomic mass is 10.1. The number of nitrogens with zero attached hydrogens (tertiary/aromatic N) is 1. The number of fused-ring (bicyclic) bond motifs is 1. The number of nitrogens with one attached hydrogen (secondary N) is 1. The van der Waals surface area contributed by atoms with Crippen LogP contribution in [-0.2, 0) is 6.42 Å². The standard InChI is InChI=1S/C16H15FN2/c1-3-11-4-7-14-15(9-11)19-16(18-14)13-6-5-12(17)8-10(13)2/h4-9H,3H2,1-2H3,(H,18,19). The van der Waals surface area contributed by atoms with Crippen molar-refractivity contribution in [3.63, 3.8) is 0 Å². The Bertz CT molecular complexity index is 744. The molecule has 0 unspecified atom stereocenters. The highest BCUT2D eigenvalue weighted by molar-refractivity contribution is 5.80. The Morgan fingerprint density at radius 3 is 2.74 bits per heavy atom. The summed E-state index contributed by atoms with van der Waals surface area (Å²) in [5, 5.41) is 0. The largest absolute Gasteiger partial charge is 0.338 e. The Morgan fingerprint density at radius 1 is 1.16 bits per heavy atom. The zero-order chi connectivity index (χ0) is 13.4. The van der Waals surface area contributed by atoms with Crippen LogP contribution < -0.4 is 0 Å². The summed E-state index contributed by atoms with van der Waals surface area (Å²) in [6.07, 6.45) is 1.000. The first-order valence-electron chi connectivity index (χ1n) is 6.42. The van der Waals surface area contributed by atoms with Crippen molar-refractivity contribution >= 4 is 11.0 Å². The quantitative estimate of drug-likeness (QED) is 0.728. The molecule has 0 radical (unpaired) electrons. The van der Waals surface area contributed by atoms with E-state index in [0.29, 0.717) is 0 Å².